The van der Waals surface area contributed by atoms with Crippen molar-refractivity contribution in [1.82, 2.24) is 0 Å². The molecule has 17 heavy (non-hydrogen) atoms. The van der Waals surface area contributed by atoms with Gasteiger partial charge in [0.15, 0.2) is 0 Å². The van der Waals surface area contributed by atoms with E-state index in [9.17, 15) is 4.79 Å². The first-order valence-corrected chi connectivity index (χ1v) is 5.60. The number of benzene rings is 1. The summed E-state index contributed by atoms with van der Waals surface area (Å²) in [6.07, 6.45) is -0.167. The lowest BCUT2D eigenvalue weighted by atomic mass is 10.1. The van der Waals surface area contributed by atoms with Crippen molar-refractivity contribution in [2.75, 3.05) is 0 Å². The van der Waals surface area contributed by atoms with E-state index < -0.39 is 0 Å². The minimum absolute atomic E-state index is 0.167. The smallest absolute Gasteiger partial charge is 0.339 e. The van der Waals surface area contributed by atoms with Crippen LogP contribution >= 0.6 is 0 Å². The van der Waals surface area contributed by atoms with E-state index in [2.05, 4.69) is 0 Å². The van der Waals surface area contributed by atoms with Crippen molar-refractivity contribution in [1.29, 1.82) is 0 Å². The number of para-hydroxylation sites is 1. The molecule has 2 rings (SSSR count). The number of hydrogen-bond donors (Lipinski definition) is 1. The predicted octanol–water partition coefficient (Wildman–Crippen LogP) is 2.80. The topological polar surface area (TPSA) is 50.4 Å². The van der Waals surface area contributed by atoms with Gasteiger partial charge in [0.2, 0.25) is 0 Å². The summed E-state index contributed by atoms with van der Waals surface area (Å²) in [5.74, 6) is 0. The van der Waals surface area contributed by atoms with Crippen molar-refractivity contribution < 1.29 is 9.52 Å². The molecule has 0 fully saturated rings. The van der Waals surface area contributed by atoms with Gasteiger partial charge in [-0.15, -0.1) is 0 Å². The molecular formula is C14H18O3. The van der Waals surface area contributed by atoms with E-state index in [0.29, 0.717) is 11.1 Å². The number of aryl methyl sites for hydroxylation is 1. The van der Waals surface area contributed by atoms with Crippen LogP contribution in [-0.2, 0) is 0 Å². The van der Waals surface area contributed by atoms with Gasteiger partial charge in [0.25, 0.3) is 0 Å². The van der Waals surface area contributed by atoms with E-state index in [4.69, 9.17) is 9.52 Å². The summed E-state index contributed by atoms with van der Waals surface area (Å²) < 4.78 is 5.12. The van der Waals surface area contributed by atoms with Crippen LogP contribution in [0.25, 0.3) is 11.0 Å². The molecule has 0 unspecified atom stereocenters. The first-order valence-electron chi connectivity index (χ1n) is 5.60. The van der Waals surface area contributed by atoms with Crippen molar-refractivity contribution >= 4 is 11.0 Å². The molecule has 0 amide bonds. The molecule has 0 atom stereocenters. The monoisotopic (exact) mass is 234 g/mol. The van der Waals surface area contributed by atoms with Gasteiger partial charge in [-0.2, -0.15) is 0 Å². The van der Waals surface area contributed by atoms with E-state index in [1.807, 2.05) is 31.2 Å². The minimum Gasteiger partial charge on any atom is -0.423 e. The maximum atomic E-state index is 11.3. The number of aliphatic hydroxyl groups excluding tert-OH is 1. The second-order valence-corrected chi connectivity index (χ2v) is 4.23. The molecule has 0 spiro atoms. The third-order valence-corrected chi connectivity index (χ3v) is 2.36. The number of fused-ring (bicyclic) bond motifs is 1. The van der Waals surface area contributed by atoms with Crippen molar-refractivity contribution in [3.05, 3.63) is 45.8 Å². The molecule has 0 aliphatic heterocycles. The van der Waals surface area contributed by atoms with Gasteiger partial charge in [0, 0.05) is 17.1 Å². The van der Waals surface area contributed by atoms with Gasteiger partial charge < -0.3 is 9.52 Å². The van der Waals surface area contributed by atoms with E-state index in [0.717, 1.165) is 10.9 Å². The van der Waals surface area contributed by atoms with Gasteiger partial charge in [-0.1, -0.05) is 18.2 Å². The highest BCUT2D eigenvalue weighted by Crippen LogP contribution is 2.17. The SMILES string of the molecule is CC(C)O.Cc1c(C)c2ccccc2oc1=O. The predicted molar refractivity (Wildman–Crippen MR) is 69.3 cm³/mol. The second-order valence-electron chi connectivity index (χ2n) is 4.23. The van der Waals surface area contributed by atoms with Crippen LogP contribution in [-0.4, -0.2) is 11.2 Å². The third-order valence-electron chi connectivity index (χ3n) is 2.36. The normalized spacial score (nSPS) is 10.2. The molecule has 0 radical (unpaired) electrons. The molecule has 0 saturated carbocycles. The Morgan fingerprint density at radius 2 is 1.65 bits per heavy atom. The Balaban J connectivity index is 0.000000317. The summed E-state index contributed by atoms with van der Waals surface area (Å²) in [5, 5.41) is 9.07. The zero-order valence-corrected chi connectivity index (χ0v) is 10.7. The Kier molecular flexibility index (Phi) is 4.46. The van der Waals surface area contributed by atoms with Crippen molar-refractivity contribution in [2.45, 2.75) is 33.8 Å². The van der Waals surface area contributed by atoms with Gasteiger partial charge in [0.05, 0.1) is 0 Å². The van der Waals surface area contributed by atoms with Crippen LogP contribution < -0.4 is 5.63 Å². The number of aliphatic hydroxyl groups is 1. The van der Waals surface area contributed by atoms with Crippen LogP contribution in [0.1, 0.15) is 25.0 Å². The first kappa shape index (κ1) is 13.5. The Morgan fingerprint density at radius 1 is 1.12 bits per heavy atom. The molecule has 0 aliphatic rings. The molecular weight excluding hydrogens is 216 g/mol. The largest absolute Gasteiger partial charge is 0.423 e. The van der Waals surface area contributed by atoms with Gasteiger partial charge in [0.1, 0.15) is 5.58 Å². The van der Waals surface area contributed by atoms with Crippen molar-refractivity contribution in [3.63, 3.8) is 0 Å². The maximum absolute atomic E-state index is 11.3. The Labute approximate surface area is 101 Å². The van der Waals surface area contributed by atoms with Crippen LogP contribution in [0.4, 0.5) is 0 Å². The zero-order valence-electron chi connectivity index (χ0n) is 10.7. The van der Waals surface area contributed by atoms with Crippen LogP contribution in [0.2, 0.25) is 0 Å². The van der Waals surface area contributed by atoms with Gasteiger partial charge in [-0.3, -0.25) is 0 Å². The molecule has 1 N–H and O–H groups in total. The molecule has 3 nitrogen and oxygen atoms in total. The minimum atomic E-state index is -0.240. The Bertz CT molecular complexity index is 550. The molecule has 2 aromatic rings. The van der Waals surface area contributed by atoms with Crippen LogP contribution in [0.15, 0.2) is 33.5 Å². The van der Waals surface area contributed by atoms with E-state index in [-0.39, 0.29) is 11.7 Å². The lowest BCUT2D eigenvalue weighted by Crippen LogP contribution is -2.05. The lowest BCUT2D eigenvalue weighted by molar-refractivity contribution is 0.216. The van der Waals surface area contributed by atoms with Crippen molar-refractivity contribution in [3.8, 4) is 0 Å². The number of rotatable bonds is 0. The molecule has 1 aromatic heterocycles. The standard InChI is InChI=1S/C11H10O2.C3H8O/c1-7-8(2)11(12)13-10-6-4-3-5-9(7)10;1-3(2)4/h3-6H,1-2H3;3-4H,1-2H3. The summed E-state index contributed by atoms with van der Waals surface area (Å²) in [5.41, 5.74) is 2.12. The molecule has 1 aromatic carbocycles. The highest BCUT2D eigenvalue weighted by atomic mass is 16.4. The van der Waals surface area contributed by atoms with Gasteiger partial charge >= 0.3 is 5.63 Å². The van der Waals surface area contributed by atoms with Crippen LogP contribution in [0.3, 0.4) is 0 Å². The summed E-state index contributed by atoms with van der Waals surface area (Å²) in [7, 11) is 0. The number of hydrogen-bond acceptors (Lipinski definition) is 3. The third kappa shape index (κ3) is 3.43. The summed E-state index contributed by atoms with van der Waals surface area (Å²) >= 11 is 0. The fraction of sp³-hybridized carbons (Fsp3) is 0.357. The fourth-order valence-electron chi connectivity index (χ4n) is 1.40. The summed E-state index contributed by atoms with van der Waals surface area (Å²) in [4.78, 5) is 11.3. The Hall–Kier alpha value is -1.61. The van der Waals surface area contributed by atoms with Crippen molar-refractivity contribution in [2.24, 2.45) is 0 Å². The molecule has 3 heteroatoms. The first-order chi connectivity index (χ1) is 7.93. The summed E-state index contributed by atoms with van der Waals surface area (Å²) in [6, 6.07) is 7.57. The van der Waals surface area contributed by atoms with Gasteiger partial charge in [-0.25, -0.2) is 4.79 Å². The van der Waals surface area contributed by atoms with Crippen LogP contribution in [0.5, 0.6) is 0 Å². The van der Waals surface area contributed by atoms with Crippen LogP contribution in [0, 0.1) is 13.8 Å². The average molecular weight is 234 g/mol. The molecule has 0 bridgehead atoms. The lowest BCUT2D eigenvalue weighted by Gasteiger charge is -2.02. The Morgan fingerprint density at radius 3 is 2.24 bits per heavy atom. The fourth-order valence-corrected chi connectivity index (χ4v) is 1.40. The highest BCUT2D eigenvalue weighted by Gasteiger charge is 2.05. The molecule has 92 valence electrons. The zero-order chi connectivity index (χ0) is 13.0. The quantitative estimate of drug-likeness (QED) is 0.713. The van der Waals surface area contributed by atoms with E-state index >= 15 is 0 Å². The maximum Gasteiger partial charge on any atom is 0.339 e. The summed E-state index contributed by atoms with van der Waals surface area (Å²) in [6.45, 7) is 7.17. The molecule has 0 saturated heterocycles. The molecule has 1 heterocycles. The van der Waals surface area contributed by atoms with E-state index in [1.54, 1.807) is 20.8 Å². The van der Waals surface area contributed by atoms with E-state index in [1.165, 1.54) is 0 Å². The molecule has 0 aliphatic carbocycles. The highest BCUT2D eigenvalue weighted by molar-refractivity contribution is 5.80. The average Bonchev–Trinajstić information content (AvgIpc) is 2.25. The van der Waals surface area contributed by atoms with Gasteiger partial charge in [-0.05, 0) is 39.3 Å². The second kappa shape index (κ2) is 5.64.